The van der Waals surface area contributed by atoms with E-state index in [0.717, 1.165) is 19.3 Å². The first kappa shape index (κ1) is 30.4. The number of epoxide rings is 1. The molecule has 0 bridgehead atoms. The summed E-state index contributed by atoms with van der Waals surface area (Å²) in [4.78, 5) is 0. The summed E-state index contributed by atoms with van der Waals surface area (Å²) < 4.78 is 45.5. The van der Waals surface area contributed by atoms with E-state index in [4.69, 9.17) is 8.92 Å². The molecule has 0 aromatic carbocycles. The fraction of sp³-hybridized carbons (Fsp3) is 0.929. The normalized spacial score (nSPS) is 48.7. The number of allylic oxidation sites excluding steroid dienone is 2. The molecule has 0 aromatic heterocycles. The summed E-state index contributed by atoms with van der Waals surface area (Å²) >= 11 is 0. The number of hydrogen-bond acceptors (Lipinski definition) is 7. The predicted octanol–water partition coefficient (Wildman–Crippen LogP) is 1.05. The van der Waals surface area contributed by atoms with Gasteiger partial charge in [-0.15, -0.1) is 0 Å². The van der Waals surface area contributed by atoms with Gasteiger partial charge in [0, 0.05) is 0 Å². The third-order valence-corrected chi connectivity index (χ3v) is 12.2. The van der Waals surface area contributed by atoms with E-state index in [2.05, 4.69) is 47.6 Å². The maximum Gasteiger partial charge on any atom is 1.00 e. The van der Waals surface area contributed by atoms with Gasteiger partial charge >= 0.3 is 29.6 Å². The number of aliphatic hydroxyl groups excluding tert-OH is 2. The zero-order valence-electron chi connectivity index (χ0n) is 23.6. The average molecular weight is 549 g/mol. The van der Waals surface area contributed by atoms with Crippen molar-refractivity contribution in [3.63, 3.8) is 0 Å². The molecular formula is C28H45NaO7S. The molecule has 1 aliphatic heterocycles. The first-order chi connectivity index (χ1) is 16.7. The standard InChI is InChI=1S/C28H46O7S.Na/c1-14(2)15(3)24-25(34-24)16(4)18-9-10-19-17-7-8-21-26(35-36(31,32)33)23(30)22(29)13-28(21,6)20(17)11-12-27(18,19)5;/h7,14-16,18-26,29-30H,8-13H2,1-6H3,(H,31,32,33);/q;+1/p-1/t15-,16+,18-,19?,20?,21?,22-,23+,24+,25+,26+,27-,28-;/m1./s1. The van der Waals surface area contributed by atoms with Gasteiger partial charge in [-0.25, -0.2) is 8.42 Å². The largest absolute Gasteiger partial charge is 1.00 e. The van der Waals surface area contributed by atoms with Crippen molar-refractivity contribution in [2.45, 2.75) is 111 Å². The maximum absolute atomic E-state index is 11.5. The van der Waals surface area contributed by atoms with Gasteiger partial charge in [0.25, 0.3) is 0 Å². The molecule has 37 heavy (non-hydrogen) atoms. The zero-order chi connectivity index (χ0) is 26.4. The molecule has 0 aromatic rings. The monoisotopic (exact) mass is 548 g/mol. The molecule has 0 amide bonds. The van der Waals surface area contributed by atoms with Gasteiger partial charge in [-0.2, -0.15) is 0 Å². The molecule has 0 radical (unpaired) electrons. The Bertz CT molecular complexity index is 1000. The molecule has 206 valence electrons. The molecule has 1 heterocycles. The molecule has 13 atom stereocenters. The Kier molecular flexibility index (Phi) is 8.56. The van der Waals surface area contributed by atoms with Crippen LogP contribution in [0, 0.1) is 52.3 Å². The molecule has 3 saturated carbocycles. The van der Waals surface area contributed by atoms with Crippen LogP contribution >= 0.6 is 0 Å². The van der Waals surface area contributed by atoms with Crippen LogP contribution in [0.4, 0.5) is 0 Å². The second kappa shape index (κ2) is 10.4. The smallest absolute Gasteiger partial charge is 0.726 e. The van der Waals surface area contributed by atoms with Crippen molar-refractivity contribution in [1.29, 1.82) is 0 Å². The van der Waals surface area contributed by atoms with E-state index in [-0.39, 0.29) is 46.8 Å². The van der Waals surface area contributed by atoms with E-state index in [1.807, 2.05) is 0 Å². The summed E-state index contributed by atoms with van der Waals surface area (Å²) in [5.74, 6) is 2.63. The summed E-state index contributed by atoms with van der Waals surface area (Å²) in [7, 11) is -5.00. The summed E-state index contributed by atoms with van der Waals surface area (Å²) in [6.45, 7) is 13.8. The van der Waals surface area contributed by atoms with Crippen LogP contribution in [-0.2, 0) is 19.3 Å². The van der Waals surface area contributed by atoms with Crippen molar-refractivity contribution in [2.75, 3.05) is 0 Å². The van der Waals surface area contributed by atoms with E-state index in [9.17, 15) is 23.2 Å². The van der Waals surface area contributed by atoms with Crippen molar-refractivity contribution >= 4 is 10.4 Å². The molecule has 0 spiro atoms. The van der Waals surface area contributed by atoms with E-state index in [1.54, 1.807) is 0 Å². The first-order valence-electron chi connectivity index (χ1n) is 14.0. The van der Waals surface area contributed by atoms with Crippen LogP contribution in [0.15, 0.2) is 11.6 Å². The van der Waals surface area contributed by atoms with Gasteiger partial charge in [0.2, 0.25) is 10.4 Å². The second-order valence-electron chi connectivity index (χ2n) is 13.6. The Morgan fingerprint density at radius 1 is 1.05 bits per heavy atom. The summed E-state index contributed by atoms with van der Waals surface area (Å²) in [5.41, 5.74) is 1.22. The molecule has 3 unspecified atom stereocenters. The fourth-order valence-electron chi connectivity index (χ4n) is 9.37. The van der Waals surface area contributed by atoms with Crippen LogP contribution in [0.3, 0.4) is 0 Å². The van der Waals surface area contributed by atoms with Gasteiger partial charge < -0.3 is 19.5 Å². The van der Waals surface area contributed by atoms with E-state index in [0.29, 0.717) is 54.6 Å². The maximum atomic E-state index is 11.5. The second-order valence-corrected chi connectivity index (χ2v) is 14.7. The van der Waals surface area contributed by atoms with E-state index >= 15 is 0 Å². The third kappa shape index (κ3) is 5.07. The fourth-order valence-corrected chi connectivity index (χ4v) is 9.89. The van der Waals surface area contributed by atoms with Crippen LogP contribution in [0.2, 0.25) is 0 Å². The molecular weight excluding hydrogens is 503 g/mol. The minimum Gasteiger partial charge on any atom is -0.726 e. The summed E-state index contributed by atoms with van der Waals surface area (Å²) in [6.07, 6.45) is 4.60. The molecule has 5 aliphatic rings. The van der Waals surface area contributed by atoms with Crippen molar-refractivity contribution in [1.82, 2.24) is 0 Å². The third-order valence-electron chi connectivity index (χ3n) is 11.7. The minimum atomic E-state index is -5.00. The van der Waals surface area contributed by atoms with Gasteiger partial charge in [-0.3, -0.25) is 4.18 Å². The number of ether oxygens (including phenoxy) is 1. The van der Waals surface area contributed by atoms with Crippen LogP contribution in [0.25, 0.3) is 0 Å². The van der Waals surface area contributed by atoms with E-state index in [1.165, 1.54) is 12.0 Å². The number of aliphatic hydroxyl groups is 2. The topological polar surface area (TPSA) is 119 Å². The van der Waals surface area contributed by atoms with Gasteiger partial charge in [0.15, 0.2) is 0 Å². The van der Waals surface area contributed by atoms with Crippen LogP contribution in [0.1, 0.15) is 80.1 Å². The molecule has 9 heteroatoms. The predicted molar refractivity (Wildman–Crippen MR) is 134 cm³/mol. The van der Waals surface area contributed by atoms with Crippen molar-refractivity contribution in [3.8, 4) is 0 Å². The minimum absolute atomic E-state index is 0. The molecule has 4 fully saturated rings. The Balaban J connectivity index is 0.00000320. The van der Waals surface area contributed by atoms with Gasteiger partial charge in [0.05, 0.1) is 18.3 Å². The summed E-state index contributed by atoms with van der Waals surface area (Å²) in [6, 6.07) is 0. The zero-order valence-corrected chi connectivity index (χ0v) is 26.4. The average Bonchev–Trinajstić information content (AvgIpc) is 3.49. The Labute approximate surface area is 245 Å². The number of fused-ring (bicyclic) bond motifs is 5. The van der Waals surface area contributed by atoms with Crippen LogP contribution in [0.5, 0.6) is 0 Å². The molecule has 5 rings (SSSR count). The Hall–Kier alpha value is 0.490. The van der Waals surface area contributed by atoms with E-state index < -0.39 is 34.1 Å². The SMILES string of the molecule is CC(C)[C@@H](C)[C@@H]1O[C@H]1[C@@H](C)[C@H]1CCC2C3=CCC4[C@H](OS(=O)(=O)[O-])[C@@H](O)[C@H](O)C[C@]4(C)C3CC[C@@]21C.[Na+]. The quantitative estimate of drug-likeness (QED) is 0.167. The van der Waals surface area contributed by atoms with Crippen molar-refractivity contribution < 1.29 is 61.7 Å². The molecule has 4 aliphatic carbocycles. The van der Waals surface area contributed by atoms with Crippen molar-refractivity contribution in [3.05, 3.63) is 11.6 Å². The Morgan fingerprint density at radius 2 is 1.70 bits per heavy atom. The number of rotatable bonds is 6. The molecule has 1 saturated heterocycles. The van der Waals surface area contributed by atoms with Crippen LogP contribution in [-0.4, -0.2) is 53.7 Å². The Morgan fingerprint density at radius 3 is 2.32 bits per heavy atom. The molecule has 7 nitrogen and oxygen atoms in total. The number of hydrogen-bond donors (Lipinski definition) is 2. The summed E-state index contributed by atoms with van der Waals surface area (Å²) in [5, 5.41) is 21.3. The first-order valence-corrected chi connectivity index (χ1v) is 15.4. The molecule has 2 N–H and O–H groups in total. The van der Waals surface area contributed by atoms with Gasteiger partial charge in [-0.05, 0) is 90.8 Å². The van der Waals surface area contributed by atoms with Gasteiger partial charge in [0.1, 0.15) is 12.2 Å². The van der Waals surface area contributed by atoms with Crippen molar-refractivity contribution in [2.24, 2.45) is 52.3 Å². The van der Waals surface area contributed by atoms with Gasteiger partial charge in [-0.1, -0.05) is 53.2 Å². The van der Waals surface area contributed by atoms with Crippen LogP contribution < -0.4 is 29.6 Å².